The number of nitrogens with one attached hydrogen (secondary N) is 1. The SMILES string of the molecule is COC(C)(C)CN1C(=O)C(C2CC2)NC(=O)C1C(C)C. The van der Waals surface area contributed by atoms with Crippen LogP contribution in [-0.2, 0) is 14.3 Å². The largest absolute Gasteiger partial charge is 0.377 e. The van der Waals surface area contributed by atoms with Crippen LogP contribution in [0.3, 0.4) is 0 Å². The van der Waals surface area contributed by atoms with E-state index in [0.29, 0.717) is 12.5 Å². The van der Waals surface area contributed by atoms with E-state index in [-0.39, 0.29) is 23.8 Å². The second kappa shape index (κ2) is 5.35. The van der Waals surface area contributed by atoms with E-state index >= 15 is 0 Å². The number of hydrogen-bond acceptors (Lipinski definition) is 3. The third kappa shape index (κ3) is 2.97. The first-order valence-corrected chi connectivity index (χ1v) is 7.43. The first kappa shape index (κ1) is 15.3. The average Bonchev–Trinajstić information content (AvgIpc) is 3.16. The van der Waals surface area contributed by atoms with Crippen molar-refractivity contribution in [3.05, 3.63) is 0 Å². The van der Waals surface area contributed by atoms with E-state index in [1.807, 2.05) is 27.7 Å². The Morgan fingerprint density at radius 2 is 1.95 bits per heavy atom. The summed E-state index contributed by atoms with van der Waals surface area (Å²) in [5.74, 6) is 0.443. The maximum Gasteiger partial charge on any atom is 0.246 e. The molecule has 0 aromatic carbocycles. The molecule has 5 heteroatoms. The highest BCUT2D eigenvalue weighted by Crippen LogP contribution is 2.36. The van der Waals surface area contributed by atoms with E-state index in [1.165, 1.54) is 0 Å². The van der Waals surface area contributed by atoms with Crippen molar-refractivity contribution in [2.24, 2.45) is 11.8 Å². The third-order valence-corrected chi connectivity index (χ3v) is 4.28. The fraction of sp³-hybridized carbons (Fsp3) is 0.867. The molecule has 1 heterocycles. The molecule has 1 saturated heterocycles. The first-order valence-electron chi connectivity index (χ1n) is 7.43. The van der Waals surface area contributed by atoms with Gasteiger partial charge in [0.1, 0.15) is 12.1 Å². The fourth-order valence-corrected chi connectivity index (χ4v) is 2.82. The summed E-state index contributed by atoms with van der Waals surface area (Å²) in [5, 5.41) is 2.92. The molecule has 1 aliphatic carbocycles. The summed E-state index contributed by atoms with van der Waals surface area (Å²) in [6.45, 7) is 8.28. The number of piperazine rings is 1. The van der Waals surface area contributed by atoms with Crippen molar-refractivity contribution in [2.45, 2.75) is 58.2 Å². The summed E-state index contributed by atoms with van der Waals surface area (Å²) in [5.41, 5.74) is -0.450. The van der Waals surface area contributed by atoms with Crippen molar-refractivity contribution < 1.29 is 14.3 Å². The number of amides is 2. The molecule has 2 rings (SSSR count). The Hall–Kier alpha value is -1.10. The van der Waals surface area contributed by atoms with Gasteiger partial charge in [0.2, 0.25) is 11.8 Å². The molecule has 1 saturated carbocycles. The van der Waals surface area contributed by atoms with E-state index in [9.17, 15) is 9.59 Å². The van der Waals surface area contributed by atoms with Gasteiger partial charge in [-0.3, -0.25) is 9.59 Å². The first-order chi connectivity index (χ1) is 9.26. The van der Waals surface area contributed by atoms with Gasteiger partial charge in [-0.05, 0) is 38.5 Å². The molecular weight excluding hydrogens is 256 g/mol. The number of ether oxygens (including phenoxy) is 1. The molecule has 0 aromatic rings. The molecule has 2 fully saturated rings. The van der Waals surface area contributed by atoms with Gasteiger partial charge < -0.3 is 15.0 Å². The molecule has 0 bridgehead atoms. The van der Waals surface area contributed by atoms with Gasteiger partial charge in [-0.2, -0.15) is 0 Å². The van der Waals surface area contributed by atoms with E-state index in [2.05, 4.69) is 5.32 Å². The van der Waals surface area contributed by atoms with Crippen LogP contribution in [0.4, 0.5) is 0 Å². The minimum Gasteiger partial charge on any atom is -0.377 e. The van der Waals surface area contributed by atoms with Gasteiger partial charge in [0.05, 0.1) is 12.1 Å². The van der Waals surface area contributed by atoms with Gasteiger partial charge in [0, 0.05) is 7.11 Å². The van der Waals surface area contributed by atoms with Gasteiger partial charge in [-0.1, -0.05) is 13.8 Å². The van der Waals surface area contributed by atoms with Crippen molar-refractivity contribution in [1.82, 2.24) is 10.2 Å². The Morgan fingerprint density at radius 3 is 2.40 bits per heavy atom. The lowest BCUT2D eigenvalue weighted by molar-refractivity contribution is -0.156. The highest BCUT2D eigenvalue weighted by Gasteiger charge is 2.48. The average molecular weight is 282 g/mol. The molecule has 0 spiro atoms. The van der Waals surface area contributed by atoms with Crippen LogP contribution in [0, 0.1) is 11.8 Å². The summed E-state index contributed by atoms with van der Waals surface area (Å²) in [6, 6.07) is -0.725. The summed E-state index contributed by atoms with van der Waals surface area (Å²) in [6.07, 6.45) is 2.06. The topological polar surface area (TPSA) is 58.6 Å². The van der Waals surface area contributed by atoms with Crippen LogP contribution >= 0.6 is 0 Å². The molecule has 2 aliphatic rings. The van der Waals surface area contributed by atoms with Crippen LogP contribution < -0.4 is 5.32 Å². The second-order valence-electron chi connectivity index (χ2n) is 6.94. The zero-order valence-corrected chi connectivity index (χ0v) is 13.1. The van der Waals surface area contributed by atoms with Gasteiger partial charge in [-0.25, -0.2) is 0 Å². The summed E-state index contributed by atoms with van der Waals surface area (Å²) in [4.78, 5) is 26.8. The molecule has 2 amide bonds. The normalized spacial score (nSPS) is 28.0. The van der Waals surface area contributed by atoms with E-state index < -0.39 is 11.6 Å². The third-order valence-electron chi connectivity index (χ3n) is 4.28. The second-order valence-corrected chi connectivity index (χ2v) is 6.94. The van der Waals surface area contributed by atoms with Gasteiger partial charge >= 0.3 is 0 Å². The van der Waals surface area contributed by atoms with Crippen LogP contribution in [0.15, 0.2) is 0 Å². The van der Waals surface area contributed by atoms with E-state index in [4.69, 9.17) is 4.74 Å². The van der Waals surface area contributed by atoms with Gasteiger partial charge in [0.25, 0.3) is 0 Å². The summed E-state index contributed by atoms with van der Waals surface area (Å²) < 4.78 is 5.44. The number of carbonyl (C=O) groups excluding carboxylic acids is 2. The molecule has 20 heavy (non-hydrogen) atoms. The van der Waals surface area contributed by atoms with E-state index in [1.54, 1.807) is 12.0 Å². The molecule has 2 unspecified atom stereocenters. The molecular formula is C15H26N2O3. The molecule has 114 valence electrons. The molecule has 1 N–H and O–H groups in total. The smallest absolute Gasteiger partial charge is 0.246 e. The quantitative estimate of drug-likeness (QED) is 0.823. The Morgan fingerprint density at radius 1 is 1.35 bits per heavy atom. The van der Waals surface area contributed by atoms with Crippen LogP contribution in [0.2, 0.25) is 0 Å². The summed E-state index contributed by atoms with van der Waals surface area (Å²) >= 11 is 0. The lowest BCUT2D eigenvalue weighted by Gasteiger charge is -2.43. The fourth-order valence-electron chi connectivity index (χ4n) is 2.82. The minimum absolute atomic E-state index is 0.0246. The van der Waals surface area contributed by atoms with Gasteiger partial charge in [0.15, 0.2) is 0 Å². The molecule has 2 atom stereocenters. The lowest BCUT2D eigenvalue weighted by atomic mass is 9.93. The predicted molar refractivity (Wildman–Crippen MR) is 76.1 cm³/mol. The van der Waals surface area contributed by atoms with Crippen molar-refractivity contribution in [3.8, 4) is 0 Å². The lowest BCUT2D eigenvalue weighted by Crippen LogP contribution is -2.67. The van der Waals surface area contributed by atoms with Crippen molar-refractivity contribution in [3.63, 3.8) is 0 Å². The number of nitrogens with zero attached hydrogens (tertiary/aromatic N) is 1. The maximum absolute atomic E-state index is 12.7. The highest BCUT2D eigenvalue weighted by atomic mass is 16.5. The highest BCUT2D eigenvalue weighted by molar-refractivity contribution is 5.97. The molecule has 0 aromatic heterocycles. The Bertz CT molecular complexity index is 402. The van der Waals surface area contributed by atoms with Crippen molar-refractivity contribution in [1.29, 1.82) is 0 Å². The Kier molecular flexibility index (Phi) is 4.09. The van der Waals surface area contributed by atoms with Crippen LogP contribution in [0.5, 0.6) is 0 Å². The minimum atomic E-state index is -0.450. The molecule has 1 aliphatic heterocycles. The maximum atomic E-state index is 12.7. The number of carbonyl (C=O) groups is 2. The number of rotatable bonds is 5. The number of hydrogen-bond donors (Lipinski definition) is 1. The van der Waals surface area contributed by atoms with E-state index in [0.717, 1.165) is 12.8 Å². The molecule has 0 radical (unpaired) electrons. The molecule has 5 nitrogen and oxygen atoms in total. The zero-order valence-electron chi connectivity index (χ0n) is 13.1. The van der Waals surface area contributed by atoms with Crippen molar-refractivity contribution >= 4 is 11.8 Å². The van der Waals surface area contributed by atoms with Crippen LogP contribution in [0.25, 0.3) is 0 Å². The summed E-state index contributed by atoms with van der Waals surface area (Å²) in [7, 11) is 1.64. The number of methoxy groups -OCH3 is 1. The predicted octanol–water partition coefficient (Wildman–Crippen LogP) is 1.17. The standard InChI is InChI=1S/C15H26N2O3/c1-9(2)12-13(18)16-11(10-6-7-10)14(19)17(12)8-15(3,4)20-5/h9-12H,6-8H2,1-5H3,(H,16,18). The van der Waals surface area contributed by atoms with Crippen molar-refractivity contribution in [2.75, 3.05) is 13.7 Å². The Balaban J connectivity index is 2.23. The Labute approximate surface area is 121 Å². The van der Waals surface area contributed by atoms with Crippen LogP contribution in [-0.4, -0.2) is 48.1 Å². The zero-order chi connectivity index (χ0) is 15.1. The monoisotopic (exact) mass is 282 g/mol. The van der Waals surface area contributed by atoms with Crippen LogP contribution in [0.1, 0.15) is 40.5 Å². The van der Waals surface area contributed by atoms with Gasteiger partial charge in [-0.15, -0.1) is 0 Å².